The summed E-state index contributed by atoms with van der Waals surface area (Å²) in [5.41, 5.74) is 3.97. The van der Waals surface area contributed by atoms with Gasteiger partial charge in [-0.05, 0) is 45.4 Å². The van der Waals surface area contributed by atoms with Crippen molar-refractivity contribution in [2.75, 3.05) is 36.1 Å². The number of carbonyl (C=O) groups excluding carboxylic acids is 2. The van der Waals surface area contributed by atoms with Crippen molar-refractivity contribution in [1.82, 2.24) is 14.3 Å². The highest BCUT2D eigenvalue weighted by atomic mass is 32.2. The third-order valence-electron chi connectivity index (χ3n) is 6.21. The number of morpholine rings is 1. The second-order valence-corrected chi connectivity index (χ2v) is 12.0. The molecule has 2 N–H and O–H groups in total. The van der Waals surface area contributed by atoms with Crippen LogP contribution in [-0.2, 0) is 19.6 Å². The summed E-state index contributed by atoms with van der Waals surface area (Å²) in [4.78, 5) is 31.9. The first-order valence-electron chi connectivity index (χ1n) is 11.9. The van der Waals surface area contributed by atoms with Crippen molar-refractivity contribution in [3.8, 4) is 11.3 Å². The van der Waals surface area contributed by atoms with Gasteiger partial charge in [-0.2, -0.15) is 0 Å². The minimum absolute atomic E-state index is 0.154. The van der Waals surface area contributed by atoms with Crippen molar-refractivity contribution in [3.63, 3.8) is 0 Å². The van der Waals surface area contributed by atoms with Gasteiger partial charge in [0, 0.05) is 41.6 Å². The number of benzene rings is 1. The summed E-state index contributed by atoms with van der Waals surface area (Å²) in [5.74, 6) is -0.960. The van der Waals surface area contributed by atoms with E-state index in [9.17, 15) is 18.0 Å². The van der Waals surface area contributed by atoms with Crippen LogP contribution < -0.4 is 15.5 Å². The molecule has 1 fully saturated rings. The highest BCUT2D eigenvalue weighted by Crippen LogP contribution is 2.29. The lowest BCUT2D eigenvalue weighted by atomic mass is 10.1. The van der Waals surface area contributed by atoms with Gasteiger partial charge >= 0.3 is 0 Å². The first-order valence-corrected chi connectivity index (χ1v) is 14.6. The Labute approximate surface area is 220 Å². The fourth-order valence-corrected chi connectivity index (χ4v) is 6.05. The zero-order valence-corrected chi connectivity index (χ0v) is 23.1. The number of nitrogens with zero attached hydrogens (tertiary/aromatic N) is 3. The van der Waals surface area contributed by atoms with E-state index in [1.165, 1.54) is 17.5 Å². The summed E-state index contributed by atoms with van der Waals surface area (Å²) in [6, 6.07) is 8.12. The predicted molar refractivity (Wildman–Crippen MR) is 145 cm³/mol. The molecule has 0 bridgehead atoms. The van der Waals surface area contributed by atoms with Crippen molar-refractivity contribution in [3.05, 3.63) is 52.7 Å². The van der Waals surface area contributed by atoms with Crippen LogP contribution in [0.25, 0.3) is 11.3 Å². The van der Waals surface area contributed by atoms with Crippen LogP contribution in [0.4, 0.5) is 10.8 Å². The molecular weight excluding hydrogens is 514 g/mol. The number of nitrogens with one attached hydrogen (secondary N) is 2. The smallest absolute Gasteiger partial charge is 0.253 e. The normalized spacial score (nSPS) is 18.0. The number of amides is 2. The minimum atomic E-state index is -3.53. The molecule has 0 saturated carbocycles. The topological polar surface area (TPSA) is 123 Å². The molecule has 3 aromatic rings. The Kier molecular flexibility index (Phi) is 7.72. The van der Waals surface area contributed by atoms with Gasteiger partial charge in [0.1, 0.15) is 0 Å². The van der Waals surface area contributed by atoms with E-state index in [4.69, 9.17) is 4.74 Å². The molecule has 3 heterocycles. The Morgan fingerprint density at radius 3 is 2.54 bits per heavy atom. The van der Waals surface area contributed by atoms with Crippen molar-refractivity contribution in [2.24, 2.45) is 0 Å². The van der Waals surface area contributed by atoms with Gasteiger partial charge < -0.3 is 20.3 Å². The number of thiazole rings is 1. The van der Waals surface area contributed by atoms with Crippen LogP contribution in [0.3, 0.4) is 0 Å². The number of rotatable bonds is 7. The minimum Gasteiger partial charge on any atom is -0.372 e. The molecule has 198 valence electrons. The summed E-state index contributed by atoms with van der Waals surface area (Å²) >= 11 is 1.30. The average molecular weight is 546 g/mol. The van der Waals surface area contributed by atoms with Crippen LogP contribution in [-0.4, -0.2) is 67.3 Å². The zero-order chi connectivity index (χ0) is 26.9. The molecule has 0 spiro atoms. The molecule has 0 unspecified atom stereocenters. The second-order valence-electron chi connectivity index (χ2n) is 9.29. The van der Waals surface area contributed by atoms with E-state index in [0.29, 0.717) is 16.4 Å². The standard InChI is InChI=1S/C25H31N5O5S2/c1-15-11-29(12-16(2)35-15)20-8-6-7-19(9-20)22-14-36-25(27-22)28-23(31)10-26-24(32)21-13-30(37(5,33)34)18(4)17(21)3/h6-9,13-16H,10-12H2,1-5H3,(H,26,32)(H,27,28,31)/t15-,16+. The van der Waals surface area contributed by atoms with E-state index in [-0.39, 0.29) is 24.3 Å². The molecule has 2 atom stereocenters. The zero-order valence-electron chi connectivity index (χ0n) is 21.4. The number of aromatic nitrogens is 2. The highest BCUT2D eigenvalue weighted by Gasteiger charge is 2.23. The first kappa shape index (κ1) is 26.8. The first-order chi connectivity index (χ1) is 17.4. The Morgan fingerprint density at radius 1 is 1.19 bits per heavy atom. The third-order valence-corrected chi connectivity index (χ3v) is 8.06. The SMILES string of the molecule is Cc1c(C(=O)NCC(=O)Nc2nc(-c3cccc(N4C[C@@H](C)O[C@@H](C)C4)c3)cs2)cn(S(C)(=O)=O)c1C. The molecule has 37 heavy (non-hydrogen) atoms. The number of carbonyl (C=O) groups is 2. The second kappa shape index (κ2) is 10.6. The highest BCUT2D eigenvalue weighted by molar-refractivity contribution is 7.89. The molecule has 0 radical (unpaired) electrons. The summed E-state index contributed by atoms with van der Waals surface area (Å²) < 4.78 is 30.7. The summed E-state index contributed by atoms with van der Waals surface area (Å²) in [7, 11) is -3.53. The Hall–Kier alpha value is -3.22. The summed E-state index contributed by atoms with van der Waals surface area (Å²) in [5, 5.41) is 7.55. The van der Waals surface area contributed by atoms with Gasteiger partial charge in [0.15, 0.2) is 5.13 Å². The van der Waals surface area contributed by atoms with E-state index < -0.39 is 21.8 Å². The largest absolute Gasteiger partial charge is 0.372 e. The van der Waals surface area contributed by atoms with E-state index >= 15 is 0 Å². The van der Waals surface area contributed by atoms with E-state index in [1.807, 2.05) is 17.5 Å². The lowest BCUT2D eigenvalue weighted by molar-refractivity contribution is -0.115. The lowest BCUT2D eigenvalue weighted by Crippen LogP contribution is -2.45. The van der Waals surface area contributed by atoms with Crippen molar-refractivity contribution in [2.45, 2.75) is 39.9 Å². The van der Waals surface area contributed by atoms with Crippen LogP contribution in [0.1, 0.15) is 35.5 Å². The van der Waals surface area contributed by atoms with Crippen molar-refractivity contribution in [1.29, 1.82) is 0 Å². The van der Waals surface area contributed by atoms with Gasteiger partial charge in [-0.15, -0.1) is 11.3 Å². The van der Waals surface area contributed by atoms with Gasteiger partial charge in [0.2, 0.25) is 15.9 Å². The molecule has 10 nitrogen and oxygen atoms in total. The number of hydrogen-bond acceptors (Lipinski definition) is 8. The van der Waals surface area contributed by atoms with Gasteiger partial charge in [-0.1, -0.05) is 12.1 Å². The maximum absolute atomic E-state index is 12.6. The van der Waals surface area contributed by atoms with Crippen LogP contribution >= 0.6 is 11.3 Å². The third kappa shape index (κ3) is 6.20. The van der Waals surface area contributed by atoms with Crippen molar-refractivity contribution < 1.29 is 22.7 Å². The predicted octanol–water partition coefficient (Wildman–Crippen LogP) is 3.02. The number of hydrogen-bond donors (Lipinski definition) is 2. The Morgan fingerprint density at radius 2 is 1.89 bits per heavy atom. The molecule has 1 aromatic carbocycles. The van der Waals surface area contributed by atoms with Crippen LogP contribution in [0, 0.1) is 13.8 Å². The summed E-state index contributed by atoms with van der Waals surface area (Å²) in [6.07, 6.45) is 2.65. The maximum Gasteiger partial charge on any atom is 0.253 e. The molecule has 2 amide bonds. The van der Waals surface area contributed by atoms with Gasteiger partial charge in [0.25, 0.3) is 5.91 Å². The Balaban J connectivity index is 1.37. The molecule has 2 aromatic heterocycles. The average Bonchev–Trinajstić information content (AvgIpc) is 3.41. The Bertz CT molecular complexity index is 1420. The van der Waals surface area contributed by atoms with E-state index in [2.05, 4.69) is 46.5 Å². The monoisotopic (exact) mass is 545 g/mol. The van der Waals surface area contributed by atoms with E-state index in [0.717, 1.165) is 40.3 Å². The fourth-order valence-electron chi connectivity index (χ4n) is 4.38. The molecule has 0 aliphatic carbocycles. The number of ether oxygens (including phenoxy) is 1. The lowest BCUT2D eigenvalue weighted by Gasteiger charge is -2.37. The quantitative estimate of drug-likeness (QED) is 0.468. The van der Waals surface area contributed by atoms with Gasteiger partial charge in [0.05, 0.1) is 36.3 Å². The summed E-state index contributed by atoms with van der Waals surface area (Å²) in [6.45, 7) is 8.78. The van der Waals surface area contributed by atoms with Crippen molar-refractivity contribution >= 4 is 44.0 Å². The van der Waals surface area contributed by atoms with Crippen LogP contribution in [0.15, 0.2) is 35.8 Å². The molecular formula is C25H31N5O5S2. The van der Waals surface area contributed by atoms with Crippen LogP contribution in [0.5, 0.6) is 0 Å². The molecule has 1 saturated heterocycles. The number of anilines is 2. The maximum atomic E-state index is 12.6. The molecule has 12 heteroatoms. The molecule has 1 aliphatic heterocycles. The molecule has 4 rings (SSSR count). The van der Waals surface area contributed by atoms with Gasteiger partial charge in [-0.3, -0.25) is 9.59 Å². The van der Waals surface area contributed by atoms with Gasteiger partial charge in [-0.25, -0.2) is 17.4 Å². The fraction of sp³-hybridized carbons (Fsp3) is 0.400. The molecule has 1 aliphatic rings. The van der Waals surface area contributed by atoms with Crippen LogP contribution in [0.2, 0.25) is 0 Å². The van der Waals surface area contributed by atoms with E-state index in [1.54, 1.807) is 13.8 Å².